The summed E-state index contributed by atoms with van der Waals surface area (Å²) in [6.45, 7) is -0.106. The molecule has 0 spiro atoms. The molecule has 0 bridgehead atoms. The van der Waals surface area contributed by atoms with E-state index in [1.807, 2.05) is 0 Å². The lowest BCUT2D eigenvalue weighted by molar-refractivity contribution is 0.138. The average molecular weight is 304 g/mol. The first-order valence-corrected chi connectivity index (χ1v) is 9.31. The molecule has 2 aliphatic carbocycles. The zero-order valence-corrected chi connectivity index (χ0v) is 13.3. The van der Waals surface area contributed by atoms with Crippen molar-refractivity contribution in [2.24, 2.45) is 0 Å². The second kappa shape index (κ2) is 6.73. The summed E-state index contributed by atoms with van der Waals surface area (Å²) >= 11 is 0. The molecule has 2 saturated carbocycles. The quantitative estimate of drug-likeness (QED) is 0.813. The van der Waals surface area contributed by atoms with E-state index in [9.17, 15) is 13.5 Å². The molecule has 0 aromatic carbocycles. The van der Waals surface area contributed by atoms with Crippen LogP contribution in [0.4, 0.5) is 0 Å². The first-order valence-electron chi connectivity index (χ1n) is 7.87. The normalized spacial score (nSPS) is 24.9. The third-order valence-electron chi connectivity index (χ3n) is 4.93. The van der Waals surface area contributed by atoms with Gasteiger partial charge in [0.2, 0.25) is 0 Å². The lowest BCUT2D eigenvalue weighted by Crippen LogP contribution is -2.57. The van der Waals surface area contributed by atoms with Gasteiger partial charge in [0, 0.05) is 13.1 Å². The van der Waals surface area contributed by atoms with Gasteiger partial charge < -0.3 is 5.11 Å². The number of hydrogen-bond acceptors (Lipinski definition) is 3. The second-order valence-corrected chi connectivity index (χ2v) is 8.14. The van der Waals surface area contributed by atoms with Gasteiger partial charge in [-0.15, -0.1) is 0 Å². The summed E-state index contributed by atoms with van der Waals surface area (Å²) in [5.41, 5.74) is -0.639. The van der Waals surface area contributed by atoms with Crippen LogP contribution in [0.15, 0.2) is 0 Å². The summed E-state index contributed by atoms with van der Waals surface area (Å²) in [5, 5.41) is 9.65. The van der Waals surface area contributed by atoms with Gasteiger partial charge in [0.25, 0.3) is 10.2 Å². The van der Waals surface area contributed by atoms with Crippen LogP contribution < -0.4 is 4.72 Å². The third kappa shape index (κ3) is 3.72. The van der Waals surface area contributed by atoms with Gasteiger partial charge in [-0.25, -0.2) is 0 Å². The van der Waals surface area contributed by atoms with Crippen molar-refractivity contribution < 1.29 is 13.5 Å². The molecule has 2 aliphatic rings. The SMILES string of the molecule is CN(C1CCCCC1)S(=O)(=O)NC1(CO)CCCCC1. The molecule has 6 heteroatoms. The minimum atomic E-state index is -3.51. The van der Waals surface area contributed by atoms with Crippen LogP contribution in [0.5, 0.6) is 0 Å². The first-order chi connectivity index (χ1) is 9.49. The molecule has 0 unspecified atom stereocenters. The van der Waals surface area contributed by atoms with Crippen molar-refractivity contribution in [3.05, 3.63) is 0 Å². The van der Waals surface area contributed by atoms with Gasteiger partial charge in [0.05, 0.1) is 12.1 Å². The second-order valence-electron chi connectivity index (χ2n) is 6.41. The van der Waals surface area contributed by atoms with Crippen molar-refractivity contribution in [1.29, 1.82) is 0 Å². The van der Waals surface area contributed by atoms with Gasteiger partial charge in [-0.2, -0.15) is 17.4 Å². The Bertz CT molecular complexity index is 399. The minimum absolute atomic E-state index is 0.106. The topological polar surface area (TPSA) is 69.6 Å². The summed E-state index contributed by atoms with van der Waals surface area (Å²) in [5.74, 6) is 0. The highest BCUT2D eigenvalue weighted by atomic mass is 32.2. The Labute approximate surface area is 122 Å². The van der Waals surface area contributed by atoms with E-state index >= 15 is 0 Å². The van der Waals surface area contributed by atoms with Crippen molar-refractivity contribution in [1.82, 2.24) is 9.03 Å². The van der Waals surface area contributed by atoms with E-state index in [2.05, 4.69) is 4.72 Å². The van der Waals surface area contributed by atoms with E-state index in [0.717, 1.165) is 57.8 Å². The van der Waals surface area contributed by atoms with E-state index in [1.165, 1.54) is 10.7 Å². The van der Waals surface area contributed by atoms with Crippen molar-refractivity contribution in [3.63, 3.8) is 0 Å². The number of aliphatic hydroxyl groups is 1. The Morgan fingerprint density at radius 3 is 2.20 bits per heavy atom. The summed E-state index contributed by atoms with van der Waals surface area (Å²) in [7, 11) is -1.83. The number of rotatable bonds is 5. The molecule has 0 heterocycles. The van der Waals surface area contributed by atoms with Crippen molar-refractivity contribution in [2.45, 2.75) is 75.8 Å². The maximum absolute atomic E-state index is 12.6. The van der Waals surface area contributed by atoms with E-state index in [0.29, 0.717) is 0 Å². The molecule has 5 nitrogen and oxygen atoms in total. The molecule has 0 amide bonds. The number of nitrogens with zero attached hydrogens (tertiary/aromatic N) is 1. The standard InChI is InChI=1S/C14H28N2O3S/c1-16(13-8-4-2-5-9-13)20(18,19)15-14(12-17)10-6-3-7-11-14/h13,15,17H,2-12H2,1H3. The van der Waals surface area contributed by atoms with Gasteiger partial charge in [-0.1, -0.05) is 38.5 Å². The van der Waals surface area contributed by atoms with Crippen LogP contribution in [0.1, 0.15) is 64.2 Å². The lowest BCUT2D eigenvalue weighted by Gasteiger charge is -2.39. The van der Waals surface area contributed by atoms with Crippen LogP contribution in [-0.2, 0) is 10.2 Å². The average Bonchev–Trinajstić information content (AvgIpc) is 2.48. The zero-order valence-electron chi connectivity index (χ0n) is 12.5. The van der Waals surface area contributed by atoms with Gasteiger partial charge >= 0.3 is 0 Å². The molecule has 2 fully saturated rings. The molecule has 0 atom stereocenters. The summed E-state index contributed by atoms with van der Waals surface area (Å²) in [6, 6.07) is 0.112. The van der Waals surface area contributed by atoms with Crippen LogP contribution >= 0.6 is 0 Å². The monoisotopic (exact) mass is 304 g/mol. The van der Waals surface area contributed by atoms with E-state index < -0.39 is 15.7 Å². The molecule has 20 heavy (non-hydrogen) atoms. The molecule has 2 N–H and O–H groups in total. The summed E-state index contributed by atoms with van der Waals surface area (Å²) in [6.07, 6.45) is 9.88. The lowest BCUT2D eigenvalue weighted by atomic mass is 9.83. The van der Waals surface area contributed by atoms with Gasteiger partial charge in [-0.05, 0) is 25.7 Å². The fourth-order valence-electron chi connectivity index (χ4n) is 3.51. The molecule has 2 rings (SSSR count). The molecule has 0 radical (unpaired) electrons. The predicted molar refractivity (Wildman–Crippen MR) is 79.6 cm³/mol. The Morgan fingerprint density at radius 2 is 1.65 bits per heavy atom. The molecule has 0 aromatic rings. The Hall–Kier alpha value is -0.170. The number of hydrogen-bond donors (Lipinski definition) is 2. The third-order valence-corrected chi connectivity index (χ3v) is 6.67. The molecule has 0 aromatic heterocycles. The van der Waals surface area contributed by atoms with Crippen LogP contribution in [0, 0.1) is 0 Å². The number of nitrogens with one attached hydrogen (secondary N) is 1. The van der Waals surface area contributed by atoms with Crippen LogP contribution in [-0.4, -0.2) is 43.1 Å². The van der Waals surface area contributed by atoms with E-state index in [-0.39, 0.29) is 12.6 Å². The fourth-order valence-corrected chi connectivity index (χ4v) is 5.07. The number of aliphatic hydroxyl groups excluding tert-OH is 1. The minimum Gasteiger partial charge on any atom is -0.394 e. The van der Waals surface area contributed by atoms with Crippen molar-refractivity contribution in [2.75, 3.05) is 13.7 Å². The van der Waals surface area contributed by atoms with Gasteiger partial charge in [0.15, 0.2) is 0 Å². The summed E-state index contributed by atoms with van der Waals surface area (Å²) < 4.78 is 29.4. The van der Waals surface area contributed by atoms with E-state index in [4.69, 9.17) is 0 Å². The smallest absolute Gasteiger partial charge is 0.280 e. The molecule has 118 valence electrons. The first kappa shape index (κ1) is 16.2. The van der Waals surface area contributed by atoms with Crippen LogP contribution in [0.2, 0.25) is 0 Å². The largest absolute Gasteiger partial charge is 0.394 e. The van der Waals surface area contributed by atoms with Gasteiger partial charge in [-0.3, -0.25) is 0 Å². The predicted octanol–water partition coefficient (Wildman–Crippen LogP) is 1.78. The fraction of sp³-hybridized carbons (Fsp3) is 1.00. The van der Waals surface area contributed by atoms with E-state index in [1.54, 1.807) is 7.05 Å². The Morgan fingerprint density at radius 1 is 1.10 bits per heavy atom. The highest BCUT2D eigenvalue weighted by Crippen LogP contribution is 2.30. The van der Waals surface area contributed by atoms with Crippen molar-refractivity contribution >= 4 is 10.2 Å². The Kier molecular flexibility index (Phi) is 5.45. The zero-order chi connectivity index (χ0) is 14.6. The molecular weight excluding hydrogens is 276 g/mol. The summed E-state index contributed by atoms with van der Waals surface area (Å²) in [4.78, 5) is 0. The van der Waals surface area contributed by atoms with Crippen molar-refractivity contribution in [3.8, 4) is 0 Å². The van der Waals surface area contributed by atoms with Crippen LogP contribution in [0.3, 0.4) is 0 Å². The maximum Gasteiger partial charge on any atom is 0.280 e. The maximum atomic E-state index is 12.6. The van der Waals surface area contributed by atoms with Crippen LogP contribution in [0.25, 0.3) is 0 Å². The molecule has 0 aliphatic heterocycles. The Balaban J connectivity index is 2.04. The highest BCUT2D eigenvalue weighted by Gasteiger charge is 2.38. The highest BCUT2D eigenvalue weighted by molar-refractivity contribution is 7.87. The van der Waals surface area contributed by atoms with Gasteiger partial charge in [0.1, 0.15) is 0 Å². The molecule has 0 saturated heterocycles. The molecular formula is C14H28N2O3S.